The number of ether oxygens (including phenoxy) is 1. The second-order valence-corrected chi connectivity index (χ2v) is 8.46. The van der Waals surface area contributed by atoms with E-state index in [4.69, 9.17) is 4.74 Å². The highest BCUT2D eigenvalue weighted by Gasteiger charge is 2.25. The fraction of sp³-hybridized carbons (Fsp3) is 0.350. The van der Waals surface area contributed by atoms with Crippen molar-refractivity contribution in [3.05, 3.63) is 58.7 Å². The van der Waals surface area contributed by atoms with Gasteiger partial charge in [-0.1, -0.05) is 24.6 Å². The summed E-state index contributed by atoms with van der Waals surface area (Å²) in [6.07, 6.45) is 0.689. The van der Waals surface area contributed by atoms with E-state index in [0.29, 0.717) is 25.1 Å². The highest BCUT2D eigenvalue weighted by molar-refractivity contribution is 7.89. The number of carbonyl (C=O) groups is 1. The standard InChI is InChI=1S/C20H24N2O4S/c1-4-21-27(24,25)16-7-5-15(6-8-16)20(23)22-18-9-10-26-19-14(3)11-13(2)12-17(18)19/h5-8,11-12,18,21H,4,9-10H2,1-3H3,(H,22,23). The number of benzene rings is 2. The lowest BCUT2D eigenvalue weighted by atomic mass is 9.95. The van der Waals surface area contributed by atoms with Crippen LogP contribution in [0.4, 0.5) is 0 Å². The van der Waals surface area contributed by atoms with Crippen molar-refractivity contribution in [1.29, 1.82) is 0 Å². The first kappa shape index (κ1) is 19.4. The first-order valence-corrected chi connectivity index (χ1v) is 10.4. The monoisotopic (exact) mass is 388 g/mol. The van der Waals surface area contributed by atoms with Gasteiger partial charge in [-0.25, -0.2) is 13.1 Å². The molecule has 1 heterocycles. The zero-order chi connectivity index (χ0) is 19.6. The number of amides is 1. The van der Waals surface area contributed by atoms with E-state index in [-0.39, 0.29) is 16.8 Å². The fourth-order valence-corrected chi connectivity index (χ4v) is 4.37. The number of hydrogen-bond acceptors (Lipinski definition) is 4. The lowest BCUT2D eigenvalue weighted by Gasteiger charge is -2.28. The third-order valence-electron chi connectivity index (χ3n) is 4.54. The predicted octanol–water partition coefficient (Wildman–Crippen LogP) is 2.86. The summed E-state index contributed by atoms with van der Waals surface area (Å²) in [7, 11) is -3.53. The lowest BCUT2D eigenvalue weighted by Crippen LogP contribution is -2.32. The molecule has 1 unspecified atom stereocenters. The van der Waals surface area contributed by atoms with Gasteiger partial charge in [-0.3, -0.25) is 4.79 Å². The number of hydrogen-bond donors (Lipinski definition) is 2. The van der Waals surface area contributed by atoms with Crippen LogP contribution in [-0.4, -0.2) is 27.5 Å². The van der Waals surface area contributed by atoms with Crippen molar-refractivity contribution in [1.82, 2.24) is 10.0 Å². The quantitative estimate of drug-likeness (QED) is 0.825. The van der Waals surface area contributed by atoms with Gasteiger partial charge in [0.1, 0.15) is 5.75 Å². The van der Waals surface area contributed by atoms with Gasteiger partial charge in [0.2, 0.25) is 10.0 Å². The molecule has 144 valence electrons. The molecule has 0 aromatic heterocycles. The SMILES string of the molecule is CCNS(=O)(=O)c1ccc(C(=O)NC2CCOc3c(C)cc(C)cc32)cc1. The maximum absolute atomic E-state index is 12.7. The maximum atomic E-state index is 12.7. The summed E-state index contributed by atoms with van der Waals surface area (Å²) in [5.74, 6) is 0.601. The van der Waals surface area contributed by atoms with Crippen molar-refractivity contribution in [3.63, 3.8) is 0 Å². The topological polar surface area (TPSA) is 84.5 Å². The fourth-order valence-electron chi connectivity index (χ4n) is 3.33. The Morgan fingerprint density at radius 3 is 2.56 bits per heavy atom. The summed E-state index contributed by atoms with van der Waals surface area (Å²) >= 11 is 0. The largest absolute Gasteiger partial charge is 0.493 e. The van der Waals surface area contributed by atoms with E-state index in [1.165, 1.54) is 24.3 Å². The molecule has 1 aliphatic rings. The summed E-state index contributed by atoms with van der Waals surface area (Å²) in [6, 6.07) is 9.91. The molecule has 6 nitrogen and oxygen atoms in total. The molecule has 1 aliphatic heterocycles. The van der Waals surface area contributed by atoms with Crippen LogP contribution in [0.5, 0.6) is 5.75 Å². The highest BCUT2D eigenvalue weighted by Crippen LogP contribution is 2.35. The van der Waals surface area contributed by atoms with E-state index >= 15 is 0 Å². The van der Waals surface area contributed by atoms with Gasteiger partial charge in [0.25, 0.3) is 5.91 Å². The molecule has 2 aromatic rings. The Hall–Kier alpha value is -2.38. The third-order valence-corrected chi connectivity index (χ3v) is 6.10. The van der Waals surface area contributed by atoms with Crippen molar-refractivity contribution in [3.8, 4) is 5.75 Å². The van der Waals surface area contributed by atoms with Gasteiger partial charge in [0.15, 0.2) is 0 Å². The first-order valence-electron chi connectivity index (χ1n) is 8.96. The van der Waals surface area contributed by atoms with E-state index in [1.807, 2.05) is 19.9 Å². The normalized spacial score (nSPS) is 16.3. The highest BCUT2D eigenvalue weighted by atomic mass is 32.2. The molecule has 0 radical (unpaired) electrons. The van der Waals surface area contributed by atoms with Crippen molar-refractivity contribution in [2.75, 3.05) is 13.2 Å². The summed E-state index contributed by atoms with van der Waals surface area (Å²) in [5, 5.41) is 3.05. The zero-order valence-corrected chi connectivity index (χ0v) is 16.5. The smallest absolute Gasteiger partial charge is 0.251 e. The maximum Gasteiger partial charge on any atom is 0.251 e. The molecule has 0 fully saturated rings. The molecular weight excluding hydrogens is 364 g/mol. The molecule has 0 spiro atoms. The Bertz CT molecular complexity index is 953. The molecule has 0 bridgehead atoms. The van der Waals surface area contributed by atoms with E-state index in [2.05, 4.69) is 16.1 Å². The minimum atomic E-state index is -3.53. The second kappa shape index (κ2) is 7.70. The van der Waals surface area contributed by atoms with E-state index in [1.54, 1.807) is 6.92 Å². The van der Waals surface area contributed by atoms with E-state index in [0.717, 1.165) is 22.4 Å². The molecule has 0 saturated carbocycles. The van der Waals surface area contributed by atoms with Crippen LogP contribution in [0.3, 0.4) is 0 Å². The molecule has 2 N–H and O–H groups in total. The molecule has 7 heteroatoms. The van der Waals surface area contributed by atoms with Gasteiger partial charge >= 0.3 is 0 Å². The Morgan fingerprint density at radius 2 is 1.89 bits per heavy atom. The Balaban J connectivity index is 1.79. The minimum Gasteiger partial charge on any atom is -0.493 e. The molecule has 3 rings (SSSR count). The second-order valence-electron chi connectivity index (χ2n) is 6.69. The molecule has 27 heavy (non-hydrogen) atoms. The first-order chi connectivity index (χ1) is 12.8. The third kappa shape index (κ3) is 4.14. The zero-order valence-electron chi connectivity index (χ0n) is 15.7. The molecular formula is C20H24N2O4S. The van der Waals surface area contributed by atoms with Crippen LogP contribution in [0.25, 0.3) is 0 Å². The molecule has 1 atom stereocenters. The van der Waals surface area contributed by atoms with Crippen LogP contribution in [0.2, 0.25) is 0 Å². The van der Waals surface area contributed by atoms with E-state index < -0.39 is 10.0 Å². The van der Waals surface area contributed by atoms with Crippen LogP contribution in [-0.2, 0) is 10.0 Å². The number of carbonyl (C=O) groups excluding carboxylic acids is 1. The molecule has 0 saturated heterocycles. The van der Waals surface area contributed by atoms with Gasteiger partial charge in [-0.05, 0) is 43.7 Å². The van der Waals surface area contributed by atoms with Gasteiger partial charge in [0, 0.05) is 24.1 Å². The van der Waals surface area contributed by atoms with Crippen LogP contribution >= 0.6 is 0 Å². The lowest BCUT2D eigenvalue weighted by molar-refractivity contribution is 0.0924. The van der Waals surface area contributed by atoms with Crippen LogP contribution < -0.4 is 14.8 Å². The molecule has 2 aromatic carbocycles. The number of fused-ring (bicyclic) bond motifs is 1. The minimum absolute atomic E-state index is 0.134. The summed E-state index contributed by atoms with van der Waals surface area (Å²) < 4.78 is 32.2. The molecule has 0 aliphatic carbocycles. The Labute approximate surface area is 160 Å². The van der Waals surface area contributed by atoms with Crippen molar-refractivity contribution >= 4 is 15.9 Å². The van der Waals surface area contributed by atoms with Crippen molar-refractivity contribution < 1.29 is 17.9 Å². The van der Waals surface area contributed by atoms with Crippen molar-refractivity contribution in [2.45, 2.75) is 38.1 Å². The van der Waals surface area contributed by atoms with Crippen molar-refractivity contribution in [2.24, 2.45) is 0 Å². The average Bonchev–Trinajstić information content (AvgIpc) is 2.62. The summed E-state index contributed by atoms with van der Waals surface area (Å²) in [6.45, 7) is 6.59. The summed E-state index contributed by atoms with van der Waals surface area (Å²) in [5.41, 5.74) is 3.58. The van der Waals surface area contributed by atoms with Gasteiger partial charge in [0.05, 0.1) is 17.5 Å². The summed E-state index contributed by atoms with van der Waals surface area (Å²) in [4.78, 5) is 12.8. The van der Waals surface area contributed by atoms with Crippen LogP contribution in [0.1, 0.15) is 46.4 Å². The van der Waals surface area contributed by atoms with E-state index in [9.17, 15) is 13.2 Å². The number of rotatable bonds is 5. The van der Waals surface area contributed by atoms with Gasteiger partial charge in [-0.2, -0.15) is 0 Å². The Kier molecular flexibility index (Phi) is 5.53. The number of sulfonamides is 1. The number of nitrogens with one attached hydrogen (secondary N) is 2. The van der Waals surface area contributed by atoms with Gasteiger partial charge < -0.3 is 10.1 Å². The number of aryl methyl sites for hydroxylation is 2. The van der Waals surface area contributed by atoms with Crippen LogP contribution in [0.15, 0.2) is 41.3 Å². The van der Waals surface area contributed by atoms with Crippen LogP contribution in [0, 0.1) is 13.8 Å². The Morgan fingerprint density at radius 1 is 1.19 bits per heavy atom. The average molecular weight is 388 g/mol. The predicted molar refractivity (Wildman–Crippen MR) is 104 cm³/mol. The molecule has 1 amide bonds. The van der Waals surface area contributed by atoms with Gasteiger partial charge in [-0.15, -0.1) is 0 Å².